The second-order valence-electron chi connectivity index (χ2n) is 3.79. The molecule has 20 heavy (non-hydrogen) atoms. The topological polar surface area (TPSA) is 101 Å². The molecule has 0 spiro atoms. The summed E-state index contributed by atoms with van der Waals surface area (Å²) in [6, 6.07) is 4.69. The highest BCUT2D eigenvalue weighted by Crippen LogP contribution is 2.31. The van der Waals surface area contributed by atoms with E-state index in [0.717, 1.165) is 6.42 Å². The zero-order chi connectivity index (χ0) is 14.5. The van der Waals surface area contributed by atoms with Crippen molar-refractivity contribution in [1.82, 2.24) is 9.97 Å². The highest BCUT2D eigenvalue weighted by atomic mass is 31.1. The molecule has 0 saturated carbocycles. The van der Waals surface area contributed by atoms with Crippen LogP contribution < -0.4 is 15.6 Å². The molecule has 1 atom stereocenters. The van der Waals surface area contributed by atoms with Crippen molar-refractivity contribution in [3.05, 3.63) is 51.2 Å². The monoisotopic (exact) mass is 295 g/mol. The van der Waals surface area contributed by atoms with E-state index < -0.39 is 19.4 Å². The standard InChI is InChI=1S/C12H11N2O5P/c1-2-3-7-18-20(17)19-9-6-4-5-8-10(9)14-12(16)11(15)13-8/h3-7H,2H2,1H3,(H-,13,14,15,16)/p+1. The molecule has 0 aliphatic heterocycles. The van der Waals surface area contributed by atoms with Crippen LogP contribution in [0, 0.1) is 0 Å². The number of fused-ring (bicyclic) bond motifs is 1. The van der Waals surface area contributed by atoms with Crippen LogP contribution in [0.1, 0.15) is 13.3 Å². The van der Waals surface area contributed by atoms with Crippen LogP contribution in [0.2, 0.25) is 0 Å². The van der Waals surface area contributed by atoms with E-state index in [0.29, 0.717) is 5.52 Å². The van der Waals surface area contributed by atoms with Crippen LogP contribution in [0.4, 0.5) is 0 Å². The first-order valence-electron chi connectivity index (χ1n) is 5.84. The van der Waals surface area contributed by atoms with Gasteiger partial charge in [0, 0.05) is 4.57 Å². The maximum absolute atomic E-state index is 11.6. The smallest absolute Gasteiger partial charge is 0.316 e. The molecule has 0 amide bonds. The van der Waals surface area contributed by atoms with Crippen LogP contribution in [0.15, 0.2) is 40.1 Å². The molecule has 0 aliphatic rings. The average Bonchev–Trinajstić information content (AvgIpc) is 2.41. The van der Waals surface area contributed by atoms with Crippen molar-refractivity contribution < 1.29 is 13.6 Å². The molecule has 2 N–H and O–H groups in total. The lowest BCUT2D eigenvalue weighted by atomic mass is 10.3. The lowest BCUT2D eigenvalue weighted by molar-refractivity contribution is 0.384. The Kier molecular flexibility index (Phi) is 4.32. The van der Waals surface area contributed by atoms with Gasteiger partial charge in [0.15, 0.2) is 6.26 Å². The zero-order valence-electron chi connectivity index (χ0n) is 10.6. The summed E-state index contributed by atoms with van der Waals surface area (Å²) in [7, 11) is -2.41. The third-order valence-corrected chi connectivity index (χ3v) is 3.01. The number of aromatic nitrogens is 2. The van der Waals surface area contributed by atoms with Crippen molar-refractivity contribution in [2.24, 2.45) is 0 Å². The Labute approximate surface area is 114 Å². The van der Waals surface area contributed by atoms with Crippen LogP contribution in [0.5, 0.6) is 5.75 Å². The Morgan fingerprint density at radius 2 is 2.00 bits per heavy atom. The summed E-state index contributed by atoms with van der Waals surface area (Å²) in [6.07, 6.45) is 3.71. The molecule has 0 aliphatic carbocycles. The van der Waals surface area contributed by atoms with E-state index in [-0.39, 0.29) is 11.3 Å². The first-order valence-corrected chi connectivity index (χ1v) is 6.93. The molecule has 8 heteroatoms. The van der Waals surface area contributed by atoms with Gasteiger partial charge in [-0.15, -0.1) is 0 Å². The number of para-hydroxylation sites is 1. The summed E-state index contributed by atoms with van der Waals surface area (Å²) in [5.74, 6) is 0.154. The molecular weight excluding hydrogens is 283 g/mol. The van der Waals surface area contributed by atoms with Crippen molar-refractivity contribution in [3.8, 4) is 5.75 Å². The molecule has 1 aromatic heterocycles. The van der Waals surface area contributed by atoms with E-state index >= 15 is 0 Å². The lowest BCUT2D eigenvalue weighted by Gasteiger charge is -1.99. The van der Waals surface area contributed by atoms with Gasteiger partial charge in [-0.3, -0.25) is 9.59 Å². The molecule has 0 saturated heterocycles. The molecule has 0 fully saturated rings. The number of hydrogen-bond donors (Lipinski definition) is 2. The molecule has 0 radical (unpaired) electrons. The SMILES string of the molecule is CCC=CO[P+](=O)Oc1cccc2[nH]c(=O)c(=O)[nH]c12. The fourth-order valence-corrected chi connectivity index (χ4v) is 2.02. The molecular formula is C12H12N2O5P+. The molecule has 7 nitrogen and oxygen atoms in total. The molecule has 104 valence electrons. The molecule has 1 heterocycles. The molecule has 0 bridgehead atoms. The second-order valence-corrected chi connectivity index (χ2v) is 4.63. The predicted molar refractivity (Wildman–Crippen MR) is 73.9 cm³/mol. The van der Waals surface area contributed by atoms with E-state index in [1.165, 1.54) is 12.3 Å². The predicted octanol–water partition coefficient (Wildman–Crippen LogP) is 2.19. The summed E-state index contributed by atoms with van der Waals surface area (Å²) in [6.45, 7) is 1.90. The summed E-state index contributed by atoms with van der Waals surface area (Å²) in [5.41, 5.74) is -0.945. The van der Waals surface area contributed by atoms with Crippen LogP contribution in [-0.4, -0.2) is 9.97 Å². The fourth-order valence-electron chi connectivity index (χ4n) is 1.48. The van der Waals surface area contributed by atoms with Crippen LogP contribution in [-0.2, 0) is 9.09 Å². The summed E-state index contributed by atoms with van der Waals surface area (Å²) >= 11 is 0. The van der Waals surface area contributed by atoms with E-state index in [1.807, 2.05) is 6.92 Å². The van der Waals surface area contributed by atoms with Gasteiger partial charge >= 0.3 is 19.4 Å². The summed E-state index contributed by atoms with van der Waals surface area (Å²) < 4.78 is 21.5. The Balaban J connectivity index is 2.33. The van der Waals surface area contributed by atoms with E-state index in [9.17, 15) is 14.2 Å². The first kappa shape index (κ1) is 14.0. The lowest BCUT2D eigenvalue weighted by Crippen LogP contribution is -2.28. The Morgan fingerprint density at radius 3 is 2.75 bits per heavy atom. The van der Waals surface area contributed by atoms with Crippen LogP contribution >= 0.6 is 8.25 Å². The minimum atomic E-state index is -2.41. The summed E-state index contributed by atoms with van der Waals surface area (Å²) in [4.78, 5) is 27.3. The number of benzene rings is 1. The van der Waals surface area contributed by atoms with E-state index in [4.69, 9.17) is 9.05 Å². The van der Waals surface area contributed by atoms with Crippen LogP contribution in [0.25, 0.3) is 11.0 Å². The first-order chi connectivity index (χ1) is 9.61. The maximum Gasteiger partial charge on any atom is 0.804 e. The summed E-state index contributed by atoms with van der Waals surface area (Å²) in [5, 5.41) is 0. The van der Waals surface area contributed by atoms with Crippen molar-refractivity contribution in [3.63, 3.8) is 0 Å². The largest absolute Gasteiger partial charge is 0.804 e. The molecule has 1 unspecified atom stereocenters. The highest BCUT2D eigenvalue weighted by molar-refractivity contribution is 7.33. The van der Waals surface area contributed by atoms with Crippen LogP contribution in [0.3, 0.4) is 0 Å². The normalized spacial score (nSPS) is 11.8. The second kappa shape index (κ2) is 6.16. The van der Waals surface area contributed by atoms with Gasteiger partial charge in [-0.05, 0) is 24.6 Å². The van der Waals surface area contributed by atoms with Gasteiger partial charge in [0.2, 0.25) is 5.75 Å². The number of rotatable bonds is 5. The van der Waals surface area contributed by atoms with Gasteiger partial charge in [0.05, 0.1) is 5.52 Å². The Bertz CT molecular complexity index is 777. The third-order valence-electron chi connectivity index (χ3n) is 2.37. The van der Waals surface area contributed by atoms with Crippen molar-refractivity contribution in [2.45, 2.75) is 13.3 Å². The Hall–Kier alpha value is -2.40. The number of nitrogens with one attached hydrogen (secondary N) is 2. The third kappa shape index (κ3) is 3.13. The number of allylic oxidation sites excluding steroid dienone is 1. The number of H-pyrrole nitrogens is 2. The van der Waals surface area contributed by atoms with Gasteiger partial charge in [-0.25, -0.2) is 9.05 Å². The highest BCUT2D eigenvalue weighted by Gasteiger charge is 2.23. The fraction of sp³-hybridized carbons (Fsp3) is 0.167. The molecule has 2 rings (SSSR count). The minimum Gasteiger partial charge on any atom is -0.316 e. The molecule has 1 aromatic carbocycles. The maximum atomic E-state index is 11.6. The quantitative estimate of drug-likeness (QED) is 0.500. The van der Waals surface area contributed by atoms with E-state index in [1.54, 1.807) is 18.2 Å². The van der Waals surface area contributed by atoms with Gasteiger partial charge in [-0.1, -0.05) is 13.0 Å². The van der Waals surface area contributed by atoms with Gasteiger partial charge in [0.25, 0.3) is 0 Å². The van der Waals surface area contributed by atoms with E-state index in [2.05, 4.69) is 9.97 Å². The van der Waals surface area contributed by atoms with Crippen molar-refractivity contribution in [1.29, 1.82) is 0 Å². The zero-order valence-corrected chi connectivity index (χ0v) is 11.5. The number of hydrogen-bond acceptors (Lipinski definition) is 5. The average molecular weight is 295 g/mol. The van der Waals surface area contributed by atoms with Crippen molar-refractivity contribution >= 4 is 19.3 Å². The van der Waals surface area contributed by atoms with Crippen molar-refractivity contribution in [2.75, 3.05) is 0 Å². The van der Waals surface area contributed by atoms with Gasteiger partial charge < -0.3 is 9.97 Å². The van der Waals surface area contributed by atoms with Gasteiger partial charge in [0.1, 0.15) is 5.52 Å². The molecule has 2 aromatic rings. The number of aromatic amines is 2. The minimum absolute atomic E-state index is 0.154. The van der Waals surface area contributed by atoms with Gasteiger partial charge in [-0.2, -0.15) is 0 Å². The Morgan fingerprint density at radius 1 is 1.25 bits per heavy atom.